The minimum Gasteiger partial charge on any atom is -0.356 e. The van der Waals surface area contributed by atoms with Crippen molar-refractivity contribution in [2.45, 2.75) is 36.1 Å². The number of nitrogens with zero attached hydrogens (tertiary/aromatic N) is 4. The SMILES string of the molecule is FC(F)c1nnc(-c2nn(C3CCCO3)c3c(Cl)cc(SCc4ccccc4)cc23)s1. The Balaban J connectivity index is 1.59. The van der Waals surface area contributed by atoms with Crippen LogP contribution in [0.15, 0.2) is 47.4 Å². The average Bonchev–Trinajstić information content (AvgIpc) is 3.51. The Morgan fingerprint density at radius 2 is 2.06 bits per heavy atom. The first kappa shape index (κ1) is 20.8. The van der Waals surface area contributed by atoms with Gasteiger partial charge in [0.2, 0.25) is 0 Å². The van der Waals surface area contributed by atoms with E-state index in [1.54, 1.807) is 16.4 Å². The van der Waals surface area contributed by atoms with E-state index in [0.29, 0.717) is 22.3 Å². The summed E-state index contributed by atoms with van der Waals surface area (Å²) < 4.78 is 33.8. The molecule has 2 aromatic carbocycles. The Bertz CT molecular complexity index is 1210. The van der Waals surface area contributed by atoms with Crippen molar-refractivity contribution in [3.8, 4) is 10.7 Å². The first-order valence-electron chi connectivity index (χ1n) is 9.72. The van der Waals surface area contributed by atoms with Gasteiger partial charge in [-0.2, -0.15) is 5.10 Å². The zero-order valence-corrected chi connectivity index (χ0v) is 18.6. The van der Waals surface area contributed by atoms with E-state index < -0.39 is 6.43 Å². The van der Waals surface area contributed by atoms with Gasteiger partial charge in [0.25, 0.3) is 6.43 Å². The third-order valence-corrected chi connectivity index (χ3v) is 7.26. The van der Waals surface area contributed by atoms with E-state index in [1.807, 2.05) is 30.3 Å². The minimum absolute atomic E-state index is 0.237. The van der Waals surface area contributed by atoms with Crippen LogP contribution in [0.4, 0.5) is 8.78 Å². The van der Waals surface area contributed by atoms with Crippen molar-refractivity contribution in [3.05, 3.63) is 58.1 Å². The Labute approximate surface area is 190 Å². The van der Waals surface area contributed by atoms with Gasteiger partial charge in [-0.3, -0.25) is 0 Å². The van der Waals surface area contributed by atoms with Crippen LogP contribution in [0, 0.1) is 0 Å². The lowest BCUT2D eigenvalue weighted by Gasteiger charge is -2.12. The summed E-state index contributed by atoms with van der Waals surface area (Å²) in [4.78, 5) is 0.966. The number of thioether (sulfide) groups is 1. The number of aromatic nitrogens is 4. The molecule has 10 heteroatoms. The van der Waals surface area contributed by atoms with Gasteiger partial charge in [-0.15, -0.1) is 22.0 Å². The second kappa shape index (κ2) is 8.82. The second-order valence-corrected chi connectivity index (χ2v) is 9.55. The molecule has 3 heterocycles. The van der Waals surface area contributed by atoms with Crippen molar-refractivity contribution in [2.75, 3.05) is 6.61 Å². The molecule has 31 heavy (non-hydrogen) atoms. The van der Waals surface area contributed by atoms with Crippen molar-refractivity contribution in [2.24, 2.45) is 0 Å². The van der Waals surface area contributed by atoms with Gasteiger partial charge in [0.15, 0.2) is 16.2 Å². The number of hydrogen-bond acceptors (Lipinski definition) is 6. The molecule has 0 bridgehead atoms. The number of fused-ring (bicyclic) bond motifs is 1. The number of alkyl halides is 2. The third kappa shape index (κ3) is 4.19. The quantitative estimate of drug-likeness (QED) is 0.287. The zero-order valence-electron chi connectivity index (χ0n) is 16.2. The smallest absolute Gasteiger partial charge is 0.291 e. The summed E-state index contributed by atoms with van der Waals surface area (Å²) in [5.41, 5.74) is 2.42. The van der Waals surface area contributed by atoms with E-state index in [9.17, 15) is 8.78 Å². The average molecular weight is 479 g/mol. The van der Waals surface area contributed by atoms with Crippen LogP contribution in [0.1, 0.15) is 36.1 Å². The Kier molecular flexibility index (Phi) is 5.92. The molecule has 0 aliphatic carbocycles. The van der Waals surface area contributed by atoms with Gasteiger partial charge in [0.1, 0.15) is 5.69 Å². The second-order valence-electron chi connectivity index (χ2n) is 7.08. The van der Waals surface area contributed by atoms with Gasteiger partial charge in [0.05, 0.1) is 10.5 Å². The minimum atomic E-state index is -2.67. The van der Waals surface area contributed by atoms with Crippen LogP contribution in [0.3, 0.4) is 0 Å². The van der Waals surface area contributed by atoms with Crippen molar-refractivity contribution in [1.82, 2.24) is 20.0 Å². The molecule has 1 unspecified atom stereocenters. The number of benzene rings is 2. The van der Waals surface area contributed by atoms with E-state index in [4.69, 9.17) is 21.4 Å². The van der Waals surface area contributed by atoms with Crippen LogP contribution in [-0.4, -0.2) is 26.6 Å². The molecule has 5 rings (SSSR count). The van der Waals surface area contributed by atoms with Crippen LogP contribution in [0.25, 0.3) is 21.6 Å². The molecule has 0 N–H and O–H groups in total. The summed E-state index contributed by atoms with van der Waals surface area (Å²) in [6.07, 6.45) is -1.16. The van der Waals surface area contributed by atoms with Crippen LogP contribution in [-0.2, 0) is 10.5 Å². The lowest BCUT2D eigenvalue weighted by molar-refractivity contribution is 0.0505. The molecule has 160 valence electrons. The third-order valence-electron chi connectivity index (χ3n) is 4.99. The first-order valence-corrected chi connectivity index (χ1v) is 11.9. The molecular formula is C21H17ClF2N4OS2. The molecule has 4 aromatic rings. The van der Waals surface area contributed by atoms with Crippen LogP contribution >= 0.6 is 34.7 Å². The molecule has 0 radical (unpaired) electrons. The van der Waals surface area contributed by atoms with Gasteiger partial charge in [0, 0.05) is 22.6 Å². The van der Waals surface area contributed by atoms with Gasteiger partial charge in [-0.1, -0.05) is 53.3 Å². The molecule has 0 spiro atoms. The highest BCUT2D eigenvalue weighted by atomic mass is 35.5. The van der Waals surface area contributed by atoms with Crippen LogP contribution in [0.5, 0.6) is 0 Å². The lowest BCUT2D eigenvalue weighted by atomic mass is 10.2. The summed E-state index contributed by atoms with van der Waals surface area (Å²) in [5.74, 6) is 0.784. The van der Waals surface area contributed by atoms with Crippen molar-refractivity contribution >= 4 is 45.6 Å². The molecule has 5 nitrogen and oxygen atoms in total. The number of ether oxygens (including phenoxy) is 1. The molecule has 1 fully saturated rings. The van der Waals surface area contributed by atoms with E-state index in [-0.39, 0.29) is 11.2 Å². The fourth-order valence-electron chi connectivity index (χ4n) is 3.56. The number of hydrogen-bond donors (Lipinski definition) is 0. The van der Waals surface area contributed by atoms with Gasteiger partial charge < -0.3 is 4.74 Å². The summed E-state index contributed by atoms with van der Waals surface area (Å²) >= 11 is 9.20. The maximum atomic E-state index is 13.1. The fourth-order valence-corrected chi connectivity index (χ4v) is 5.56. The summed E-state index contributed by atoms with van der Waals surface area (Å²) in [6, 6.07) is 14.0. The predicted molar refractivity (Wildman–Crippen MR) is 119 cm³/mol. The van der Waals surface area contributed by atoms with Gasteiger partial charge in [-0.25, -0.2) is 13.5 Å². The van der Waals surface area contributed by atoms with E-state index in [2.05, 4.69) is 22.3 Å². The summed E-state index contributed by atoms with van der Waals surface area (Å²) in [6.45, 7) is 0.651. The topological polar surface area (TPSA) is 52.8 Å². The molecular weight excluding hydrogens is 462 g/mol. The van der Waals surface area contributed by atoms with E-state index >= 15 is 0 Å². The van der Waals surface area contributed by atoms with Crippen molar-refractivity contribution < 1.29 is 13.5 Å². The van der Waals surface area contributed by atoms with E-state index in [1.165, 1.54) is 5.56 Å². The number of rotatable bonds is 6. The van der Waals surface area contributed by atoms with Crippen molar-refractivity contribution in [3.63, 3.8) is 0 Å². The van der Waals surface area contributed by atoms with Crippen LogP contribution in [0.2, 0.25) is 5.02 Å². The monoisotopic (exact) mass is 478 g/mol. The highest BCUT2D eigenvalue weighted by Crippen LogP contribution is 2.40. The molecule has 1 saturated heterocycles. The molecule has 1 aliphatic rings. The Morgan fingerprint density at radius 1 is 1.23 bits per heavy atom. The maximum absolute atomic E-state index is 13.1. The van der Waals surface area contributed by atoms with Crippen molar-refractivity contribution in [1.29, 1.82) is 0 Å². The Morgan fingerprint density at radius 3 is 2.77 bits per heavy atom. The number of halogens is 3. The molecule has 0 saturated carbocycles. The standard InChI is InChI=1S/C21H17ClF2N4OS2/c22-15-10-13(30-11-12-5-2-1-3-6-12)9-14-17(20-25-26-21(31-20)19(23)24)27-28(18(14)15)16-7-4-8-29-16/h1-3,5-6,9-10,16,19H,4,7-8,11H2. The highest BCUT2D eigenvalue weighted by Gasteiger charge is 2.27. The zero-order chi connectivity index (χ0) is 21.4. The van der Waals surface area contributed by atoms with Crippen LogP contribution < -0.4 is 0 Å². The largest absolute Gasteiger partial charge is 0.356 e. The van der Waals surface area contributed by atoms with Gasteiger partial charge >= 0.3 is 0 Å². The summed E-state index contributed by atoms with van der Waals surface area (Å²) in [7, 11) is 0. The lowest BCUT2D eigenvalue weighted by Crippen LogP contribution is -2.09. The molecule has 0 amide bonds. The molecule has 1 atom stereocenters. The predicted octanol–water partition coefficient (Wildman–Crippen LogP) is 6.75. The molecule has 2 aromatic heterocycles. The fraction of sp³-hybridized carbons (Fsp3) is 0.286. The Hall–Kier alpha value is -2.07. The first-order chi connectivity index (χ1) is 15.1. The van der Waals surface area contributed by atoms with E-state index in [0.717, 1.165) is 45.7 Å². The normalized spacial score (nSPS) is 16.6. The van der Waals surface area contributed by atoms with Gasteiger partial charge in [-0.05, 0) is 30.5 Å². The maximum Gasteiger partial charge on any atom is 0.291 e. The highest BCUT2D eigenvalue weighted by molar-refractivity contribution is 7.98. The summed E-state index contributed by atoms with van der Waals surface area (Å²) in [5, 5.41) is 13.6. The molecule has 1 aliphatic heterocycles.